The number of fused-ring (bicyclic) bond motifs is 1. The van der Waals surface area contributed by atoms with Crippen molar-refractivity contribution < 1.29 is 13.2 Å². The quantitative estimate of drug-likeness (QED) is 0.734. The molecule has 0 radical (unpaired) electrons. The number of pyridine rings is 1. The molecule has 0 unspecified atom stereocenters. The summed E-state index contributed by atoms with van der Waals surface area (Å²) in [7, 11) is 0. The Morgan fingerprint density at radius 1 is 1.05 bits per heavy atom. The molecule has 2 heterocycles. The maximum absolute atomic E-state index is 13.0. The van der Waals surface area contributed by atoms with Crippen molar-refractivity contribution in [3.63, 3.8) is 0 Å². The molecule has 0 amide bonds. The van der Waals surface area contributed by atoms with Crippen LogP contribution in [0, 0.1) is 19.3 Å². The van der Waals surface area contributed by atoms with Crippen LogP contribution in [0.4, 0.5) is 13.2 Å². The molecule has 3 nitrogen and oxygen atoms in total. The molecule has 2 aromatic rings. The van der Waals surface area contributed by atoms with Gasteiger partial charge in [-0.25, -0.2) is 15.0 Å². The second-order valence-corrected chi connectivity index (χ2v) is 7.03. The Labute approximate surface area is 129 Å². The van der Waals surface area contributed by atoms with E-state index in [1.165, 1.54) is 0 Å². The Balaban J connectivity index is 1.83. The molecule has 3 aliphatic rings. The molecule has 2 bridgehead atoms. The standard InChI is InChI=1S/C15H13ClF3N3/c1-7-8(2)21-11-9(20-7)3-10(16)22-12(11)13-4-14(5-13,6-13)15(17,18)19/h3H,4-6H2,1-2H3. The molecule has 2 aromatic heterocycles. The average molecular weight is 328 g/mol. The van der Waals surface area contributed by atoms with E-state index in [0.29, 0.717) is 16.7 Å². The Kier molecular flexibility index (Phi) is 2.52. The summed E-state index contributed by atoms with van der Waals surface area (Å²) >= 11 is 6.04. The zero-order valence-electron chi connectivity index (χ0n) is 12.1. The topological polar surface area (TPSA) is 38.7 Å². The van der Waals surface area contributed by atoms with Gasteiger partial charge in [-0.05, 0) is 33.1 Å². The van der Waals surface area contributed by atoms with Crippen LogP contribution in [0.3, 0.4) is 0 Å². The lowest BCUT2D eigenvalue weighted by Crippen LogP contribution is -2.70. The van der Waals surface area contributed by atoms with Crippen LogP contribution in [-0.4, -0.2) is 21.1 Å². The van der Waals surface area contributed by atoms with E-state index >= 15 is 0 Å². The first kappa shape index (κ1) is 14.2. The van der Waals surface area contributed by atoms with Gasteiger partial charge in [0.15, 0.2) is 0 Å². The largest absolute Gasteiger partial charge is 0.394 e. The molecule has 0 atom stereocenters. The molecule has 3 saturated carbocycles. The normalized spacial score (nSPS) is 30.1. The molecule has 0 spiro atoms. The summed E-state index contributed by atoms with van der Waals surface area (Å²) in [6.45, 7) is 3.68. The van der Waals surface area contributed by atoms with Gasteiger partial charge in [0.05, 0.1) is 28.0 Å². The van der Waals surface area contributed by atoms with E-state index in [9.17, 15) is 13.2 Å². The summed E-state index contributed by atoms with van der Waals surface area (Å²) in [5, 5.41) is 0.255. The second kappa shape index (κ2) is 3.91. The first-order valence-electron chi connectivity index (χ1n) is 7.05. The Morgan fingerprint density at radius 3 is 2.23 bits per heavy atom. The lowest BCUT2D eigenvalue weighted by atomic mass is 9.34. The highest BCUT2D eigenvalue weighted by Gasteiger charge is 2.79. The maximum Gasteiger partial charge on any atom is 0.394 e. The van der Waals surface area contributed by atoms with E-state index in [-0.39, 0.29) is 24.4 Å². The van der Waals surface area contributed by atoms with Crippen molar-refractivity contribution in [1.82, 2.24) is 15.0 Å². The summed E-state index contributed by atoms with van der Waals surface area (Å²) < 4.78 is 39.1. The first-order valence-corrected chi connectivity index (χ1v) is 7.42. The number of nitrogens with zero attached hydrogens (tertiary/aromatic N) is 3. The Bertz CT molecular complexity index is 796. The van der Waals surface area contributed by atoms with Gasteiger partial charge >= 0.3 is 6.18 Å². The number of halogens is 4. The van der Waals surface area contributed by atoms with Crippen LogP contribution < -0.4 is 0 Å². The lowest BCUT2D eigenvalue weighted by molar-refractivity contribution is -0.337. The van der Waals surface area contributed by atoms with Crippen LogP contribution in [0.1, 0.15) is 36.3 Å². The van der Waals surface area contributed by atoms with Crippen molar-refractivity contribution in [2.24, 2.45) is 5.41 Å². The van der Waals surface area contributed by atoms with E-state index in [4.69, 9.17) is 11.6 Å². The first-order chi connectivity index (χ1) is 10.2. The number of rotatable bonds is 1. The van der Waals surface area contributed by atoms with E-state index in [2.05, 4.69) is 15.0 Å². The highest BCUT2D eigenvalue weighted by molar-refractivity contribution is 6.30. The third kappa shape index (κ3) is 1.62. The molecule has 3 aliphatic carbocycles. The SMILES string of the molecule is Cc1nc2cc(Cl)nc(C34CC(C(F)(F)F)(C3)C4)c2nc1C. The van der Waals surface area contributed by atoms with E-state index in [1.807, 2.05) is 13.8 Å². The monoisotopic (exact) mass is 327 g/mol. The minimum atomic E-state index is -4.14. The Hall–Kier alpha value is -1.43. The molecule has 3 fully saturated rings. The molecule has 0 aromatic carbocycles. The van der Waals surface area contributed by atoms with Crippen LogP contribution in [0.25, 0.3) is 11.0 Å². The van der Waals surface area contributed by atoms with Gasteiger partial charge in [0.2, 0.25) is 0 Å². The minimum Gasteiger partial charge on any atom is -0.249 e. The van der Waals surface area contributed by atoms with Gasteiger partial charge in [-0.3, -0.25) is 0 Å². The van der Waals surface area contributed by atoms with Crippen LogP contribution in [0.5, 0.6) is 0 Å². The summed E-state index contributed by atoms with van der Waals surface area (Å²) in [4.78, 5) is 13.3. The summed E-state index contributed by atoms with van der Waals surface area (Å²) in [5.41, 5.74) is 1.26. The molecule has 0 aliphatic heterocycles. The highest BCUT2D eigenvalue weighted by atomic mass is 35.5. The molecule has 0 saturated heterocycles. The van der Waals surface area contributed by atoms with Crippen molar-refractivity contribution in [3.8, 4) is 0 Å². The zero-order chi connectivity index (χ0) is 15.9. The van der Waals surface area contributed by atoms with Gasteiger partial charge in [0, 0.05) is 11.5 Å². The zero-order valence-corrected chi connectivity index (χ0v) is 12.8. The fourth-order valence-corrected chi connectivity index (χ4v) is 4.10. The number of hydrogen-bond acceptors (Lipinski definition) is 3. The van der Waals surface area contributed by atoms with Crippen LogP contribution >= 0.6 is 11.6 Å². The number of aryl methyl sites for hydroxylation is 2. The van der Waals surface area contributed by atoms with Crippen LogP contribution in [0.15, 0.2) is 6.07 Å². The minimum absolute atomic E-state index is 0.0839. The maximum atomic E-state index is 13.0. The van der Waals surface area contributed by atoms with E-state index < -0.39 is 17.0 Å². The molecular formula is C15H13ClF3N3. The average Bonchev–Trinajstić information content (AvgIpc) is 2.26. The molecular weight excluding hydrogens is 315 g/mol. The van der Waals surface area contributed by atoms with Crippen molar-refractivity contribution in [3.05, 3.63) is 28.3 Å². The van der Waals surface area contributed by atoms with Crippen LogP contribution in [0.2, 0.25) is 5.15 Å². The van der Waals surface area contributed by atoms with Crippen molar-refractivity contribution in [1.29, 1.82) is 0 Å². The summed E-state index contributed by atoms with van der Waals surface area (Å²) in [6, 6.07) is 1.62. The predicted octanol–water partition coefficient (Wildman–Crippen LogP) is 4.28. The van der Waals surface area contributed by atoms with Crippen LogP contribution in [-0.2, 0) is 5.41 Å². The fourth-order valence-electron chi connectivity index (χ4n) is 3.91. The third-order valence-corrected chi connectivity index (χ3v) is 5.36. The molecule has 5 rings (SSSR count). The van der Waals surface area contributed by atoms with Gasteiger partial charge in [-0.1, -0.05) is 11.6 Å². The van der Waals surface area contributed by atoms with Gasteiger partial charge < -0.3 is 0 Å². The molecule has 22 heavy (non-hydrogen) atoms. The number of alkyl halides is 3. The lowest BCUT2D eigenvalue weighted by Gasteiger charge is -2.70. The second-order valence-electron chi connectivity index (χ2n) is 6.64. The van der Waals surface area contributed by atoms with Gasteiger partial charge in [0.25, 0.3) is 0 Å². The van der Waals surface area contributed by atoms with E-state index in [0.717, 1.165) is 11.4 Å². The van der Waals surface area contributed by atoms with Gasteiger partial charge in [-0.15, -0.1) is 0 Å². The molecule has 7 heteroatoms. The summed E-state index contributed by atoms with van der Waals surface area (Å²) in [6.07, 6.45) is -3.89. The smallest absolute Gasteiger partial charge is 0.249 e. The van der Waals surface area contributed by atoms with Gasteiger partial charge in [0.1, 0.15) is 10.7 Å². The number of aromatic nitrogens is 3. The van der Waals surface area contributed by atoms with Crippen molar-refractivity contribution in [2.45, 2.75) is 44.7 Å². The third-order valence-electron chi connectivity index (χ3n) is 5.17. The number of hydrogen-bond donors (Lipinski definition) is 0. The fraction of sp³-hybridized carbons (Fsp3) is 0.533. The van der Waals surface area contributed by atoms with Crippen molar-refractivity contribution >= 4 is 22.6 Å². The Morgan fingerprint density at radius 2 is 1.64 bits per heavy atom. The van der Waals surface area contributed by atoms with Crippen molar-refractivity contribution in [2.75, 3.05) is 0 Å². The van der Waals surface area contributed by atoms with Gasteiger partial charge in [-0.2, -0.15) is 13.2 Å². The van der Waals surface area contributed by atoms with E-state index in [1.54, 1.807) is 6.07 Å². The molecule has 0 N–H and O–H groups in total. The summed E-state index contributed by atoms with van der Waals surface area (Å²) in [5.74, 6) is 0. The predicted molar refractivity (Wildman–Crippen MR) is 75.8 cm³/mol. The highest BCUT2D eigenvalue weighted by Crippen LogP contribution is 2.78. The molecule has 116 valence electrons.